The molecule has 1 atom stereocenters. The van der Waals surface area contributed by atoms with Crippen LogP contribution in [0.1, 0.15) is 35.6 Å². The van der Waals surface area contributed by atoms with Crippen LogP contribution in [0.5, 0.6) is 5.75 Å². The number of aromatic hydroxyl groups is 1. The van der Waals surface area contributed by atoms with E-state index in [1.165, 1.54) is 0 Å². The number of hydrogen-bond donors (Lipinski definition) is 2. The molecular formula is C19H25NO3S. The van der Waals surface area contributed by atoms with Crippen LogP contribution in [0.15, 0.2) is 42.5 Å². The van der Waals surface area contributed by atoms with Gasteiger partial charge < -0.3 is 5.11 Å². The summed E-state index contributed by atoms with van der Waals surface area (Å²) in [4.78, 5) is 0. The van der Waals surface area contributed by atoms with E-state index in [1.54, 1.807) is 12.1 Å². The second-order valence-corrected chi connectivity index (χ2v) is 8.17. The van der Waals surface area contributed by atoms with Crippen LogP contribution >= 0.6 is 0 Å². The molecule has 0 saturated carbocycles. The molecule has 24 heavy (non-hydrogen) atoms. The zero-order valence-corrected chi connectivity index (χ0v) is 15.2. The summed E-state index contributed by atoms with van der Waals surface area (Å²) in [6.07, 6.45) is 1.46. The third-order valence-electron chi connectivity index (χ3n) is 4.03. The molecule has 0 bridgehead atoms. The Kier molecular flexibility index (Phi) is 6.02. The molecule has 0 aliphatic heterocycles. The molecule has 0 aliphatic rings. The van der Waals surface area contributed by atoms with Crippen LogP contribution in [-0.4, -0.2) is 19.6 Å². The molecule has 2 rings (SSSR count). The van der Waals surface area contributed by atoms with Gasteiger partial charge in [0, 0.05) is 6.04 Å². The summed E-state index contributed by atoms with van der Waals surface area (Å²) < 4.78 is 27.5. The first-order valence-electron chi connectivity index (χ1n) is 8.09. The van der Waals surface area contributed by atoms with Crippen molar-refractivity contribution in [3.63, 3.8) is 0 Å². The van der Waals surface area contributed by atoms with Gasteiger partial charge in [0.15, 0.2) is 0 Å². The highest BCUT2D eigenvalue weighted by Crippen LogP contribution is 2.15. The molecule has 130 valence electrons. The summed E-state index contributed by atoms with van der Waals surface area (Å²) in [7, 11) is -3.37. The summed E-state index contributed by atoms with van der Waals surface area (Å²) in [5.74, 6) is 0.241. The number of hydrogen-bond acceptors (Lipinski definition) is 3. The van der Waals surface area contributed by atoms with Gasteiger partial charge in [-0.25, -0.2) is 13.1 Å². The predicted octanol–water partition coefficient (Wildman–Crippen LogP) is 3.45. The lowest BCUT2D eigenvalue weighted by Gasteiger charge is -2.15. The van der Waals surface area contributed by atoms with Gasteiger partial charge in [-0.3, -0.25) is 0 Å². The van der Waals surface area contributed by atoms with E-state index in [9.17, 15) is 13.5 Å². The van der Waals surface area contributed by atoms with Crippen molar-refractivity contribution in [2.45, 2.75) is 45.4 Å². The first-order chi connectivity index (χ1) is 11.2. The van der Waals surface area contributed by atoms with E-state index in [0.29, 0.717) is 6.42 Å². The summed E-state index contributed by atoms with van der Waals surface area (Å²) in [6, 6.07) is 12.7. The van der Waals surface area contributed by atoms with Crippen LogP contribution in [0.25, 0.3) is 0 Å². The van der Waals surface area contributed by atoms with E-state index >= 15 is 0 Å². The molecule has 2 N–H and O–H groups in total. The van der Waals surface area contributed by atoms with Crippen LogP contribution in [0.3, 0.4) is 0 Å². The van der Waals surface area contributed by atoms with Crippen LogP contribution < -0.4 is 4.72 Å². The van der Waals surface area contributed by atoms with Crippen molar-refractivity contribution in [2.75, 3.05) is 0 Å². The van der Waals surface area contributed by atoms with Gasteiger partial charge >= 0.3 is 0 Å². The Morgan fingerprint density at radius 2 is 1.75 bits per heavy atom. The number of benzene rings is 2. The Bertz CT molecular complexity index is 783. The third kappa shape index (κ3) is 5.65. The number of nitrogens with one attached hydrogen (secondary N) is 1. The third-order valence-corrected chi connectivity index (χ3v) is 5.49. The van der Waals surface area contributed by atoms with Crippen molar-refractivity contribution in [2.24, 2.45) is 0 Å². The monoisotopic (exact) mass is 347 g/mol. The van der Waals surface area contributed by atoms with Crippen LogP contribution in [0.4, 0.5) is 0 Å². The van der Waals surface area contributed by atoms with Crippen molar-refractivity contribution in [1.82, 2.24) is 4.72 Å². The predicted molar refractivity (Wildman–Crippen MR) is 97.6 cm³/mol. The van der Waals surface area contributed by atoms with Gasteiger partial charge in [0.25, 0.3) is 0 Å². The second-order valence-electron chi connectivity index (χ2n) is 6.41. The Labute approximate surface area is 144 Å². The normalized spacial score (nSPS) is 13.0. The number of rotatable bonds is 7. The highest BCUT2D eigenvalue weighted by molar-refractivity contribution is 7.88. The van der Waals surface area contributed by atoms with Gasteiger partial charge in [0.2, 0.25) is 10.0 Å². The summed E-state index contributed by atoms with van der Waals surface area (Å²) in [5, 5.41) is 9.28. The summed E-state index contributed by atoms with van der Waals surface area (Å²) in [6.45, 7) is 5.77. The molecule has 2 aromatic rings. The Balaban J connectivity index is 1.93. The van der Waals surface area contributed by atoms with Gasteiger partial charge in [0.05, 0.1) is 5.75 Å². The van der Waals surface area contributed by atoms with Crippen molar-refractivity contribution < 1.29 is 13.5 Å². The van der Waals surface area contributed by atoms with Crippen molar-refractivity contribution in [3.05, 3.63) is 64.7 Å². The van der Waals surface area contributed by atoms with E-state index in [-0.39, 0.29) is 17.5 Å². The van der Waals surface area contributed by atoms with E-state index in [4.69, 9.17) is 0 Å². The van der Waals surface area contributed by atoms with Crippen LogP contribution in [0, 0.1) is 13.8 Å². The first kappa shape index (κ1) is 18.5. The quantitative estimate of drug-likeness (QED) is 0.806. The molecule has 4 nitrogen and oxygen atoms in total. The highest BCUT2D eigenvalue weighted by Gasteiger charge is 2.16. The fraction of sp³-hybridized carbons (Fsp3) is 0.368. The van der Waals surface area contributed by atoms with Gasteiger partial charge in [-0.1, -0.05) is 35.9 Å². The molecule has 0 aliphatic carbocycles. The van der Waals surface area contributed by atoms with Crippen LogP contribution in [-0.2, 0) is 22.2 Å². The molecule has 0 heterocycles. The Morgan fingerprint density at radius 1 is 1.08 bits per heavy atom. The minimum atomic E-state index is -3.37. The van der Waals surface area contributed by atoms with Gasteiger partial charge in [0.1, 0.15) is 5.75 Å². The first-order valence-corrected chi connectivity index (χ1v) is 9.74. The number of aryl methyl sites for hydroxylation is 3. The lowest BCUT2D eigenvalue weighted by Crippen LogP contribution is -2.34. The summed E-state index contributed by atoms with van der Waals surface area (Å²) >= 11 is 0. The number of phenolic OH excluding ortho intramolecular Hbond substituents is 1. The molecule has 0 fully saturated rings. The SMILES string of the molecule is Cc1ccc(C)c(CS(=O)(=O)NC(C)CCc2ccc(O)cc2)c1. The molecule has 0 aromatic heterocycles. The molecule has 0 amide bonds. The zero-order valence-electron chi connectivity index (χ0n) is 14.4. The highest BCUT2D eigenvalue weighted by atomic mass is 32.2. The summed E-state index contributed by atoms with van der Waals surface area (Å²) in [5.41, 5.74) is 3.97. The van der Waals surface area contributed by atoms with Crippen molar-refractivity contribution in [1.29, 1.82) is 0 Å². The largest absolute Gasteiger partial charge is 0.508 e. The average Bonchev–Trinajstić information content (AvgIpc) is 2.49. The molecular weight excluding hydrogens is 322 g/mol. The van der Waals surface area contributed by atoms with E-state index < -0.39 is 10.0 Å². The maximum atomic E-state index is 12.4. The molecule has 5 heteroatoms. The van der Waals surface area contributed by atoms with E-state index in [2.05, 4.69) is 4.72 Å². The topological polar surface area (TPSA) is 66.4 Å². The lowest BCUT2D eigenvalue weighted by molar-refractivity contribution is 0.475. The maximum absolute atomic E-state index is 12.4. The standard InChI is InChI=1S/C19H25NO3S/c1-14-4-5-15(2)18(12-14)13-24(22,23)20-16(3)6-7-17-8-10-19(21)11-9-17/h4-5,8-12,16,20-21H,6-7,13H2,1-3H3. The lowest BCUT2D eigenvalue weighted by atomic mass is 10.1. The van der Waals surface area contributed by atoms with Crippen molar-refractivity contribution in [3.8, 4) is 5.75 Å². The van der Waals surface area contributed by atoms with E-state index in [1.807, 2.05) is 51.1 Å². The van der Waals surface area contributed by atoms with Gasteiger partial charge in [-0.2, -0.15) is 0 Å². The Morgan fingerprint density at radius 3 is 2.42 bits per heavy atom. The minimum Gasteiger partial charge on any atom is -0.508 e. The average molecular weight is 347 g/mol. The molecule has 0 radical (unpaired) electrons. The second kappa shape index (κ2) is 7.81. The molecule has 0 spiro atoms. The smallest absolute Gasteiger partial charge is 0.216 e. The number of sulfonamides is 1. The van der Waals surface area contributed by atoms with Gasteiger partial charge in [-0.15, -0.1) is 0 Å². The fourth-order valence-electron chi connectivity index (χ4n) is 2.61. The van der Waals surface area contributed by atoms with Crippen molar-refractivity contribution >= 4 is 10.0 Å². The minimum absolute atomic E-state index is 0.00403. The van der Waals surface area contributed by atoms with Gasteiger partial charge in [-0.05, 0) is 62.4 Å². The molecule has 1 unspecified atom stereocenters. The molecule has 0 saturated heterocycles. The maximum Gasteiger partial charge on any atom is 0.216 e. The fourth-order valence-corrected chi connectivity index (χ4v) is 4.15. The van der Waals surface area contributed by atoms with Crippen LogP contribution in [0.2, 0.25) is 0 Å². The molecule has 2 aromatic carbocycles. The Hall–Kier alpha value is -1.85. The van der Waals surface area contributed by atoms with E-state index in [0.717, 1.165) is 28.7 Å². The number of phenols is 1. The zero-order chi connectivity index (χ0) is 17.7.